The van der Waals surface area contributed by atoms with Gasteiger partial charge in [-0.1, -0.05) is 6.42 Å². The first-order valence-electron chi connectivity index (χ1n) is 5.87. The number of unbranched alkanes of at least 4 members (excludes halogenated alkanes) is 1. The van der Waals surface area contributed by atoms with E-state index in [0.29, 0.717) is 18.9 Å². The molecule has 0 fully saturated rings. The zero-order chi connectivity index (χ0) is 14.4. The molecule has 0 aliphatic rings. The first-order chi connectivity index (χ1) is 8.90. The van der Waals surface area contributed by atoms with Gasteiger partial charge in [0.05, 0.1) is 5.92 Å². The van der Waals surface area contributed by atoms with Crippen molar-refractivity contribution in [2.75, 3.05) is 0 Å². The van der Waals surface area contributed by atoms with E-state index >= 15 is 0 Å². The topological polar surface area (TPSA) is 80.4 Å². The highest BCUT2D eigenvalue weighted by molar-refractivity contribution is 5.81. The molecule has 1 aromatic carbocycles. The Morgan fingerprint density at radius 2 is 1.74 bits per heavy atom. The van der Waals surface area contributed by atoms with Crippen molar-refractivity contribution >= 4 is 11.9 Å². The van der Waals surface area contributed by atoms with Crippen molar-refractivity contribution in [1.82, 2.24) is 0 Å². The monoisotopic (exact) mass is 271 g/mol. The summed E-state index contributed by atoms with van der Waals surface area (Å²) < 4.78 is 26.2. The van der Waals surface area contributed by atoms with Crippen LogP contribution in [-0.2, 0) is 9.59 Å². The Bertz CT molecular complexity index is 457. The zero-order valence-corrected chi connectivity index (χ0v) is 10.2. The summed E-state index contributed by atoms with van der Waals surface area (Å²) in [6, 6.07) is 2.84. The van der Waals surface area contributed by atoms with Gasteiger partial charge >= 0.3 is 5.97 Å². The van der Waals surface area contributed by atoms with Gasteiger partial charge in [-0.3, -0.25) is 9.59 Å². The van der Waals surface area contributed by atoms with Gasteiger partial charge in [-0.25, -0.2) is 8.78 Å². The number of amides is 1. The number of halogens is 2. The van der Waals surface area contributed by atoms with Crippen molar-refractivity contribution in [3.8, 4) is 0 Å². The summed E-state index contributed by atoms with van der Waals surface area (Å²) in [4.78, 5) is 21.7. The molecule has 0 aromatic heterocycles. The summed E-state index contributed by atoms with van der Waals surface area (Å²) in [6.45, 7) is 0. The fourth-order valence-electron chi connectivity index (χ4n) is 1.87. The molecule has 1 amide bonds. The van der Waals surface area contributed by atoms with E-state index in [4.69, 9.17) is 10.8 Å². The molecule has 1 atom stereocenters. The molecule has 0 radical (unpaired) electrons. The van der Waals surface area contributed by atoms with Crippen molar-refractivity contribution < 1.29 is 23.5 Å². The van der Waals surface area contributed by atoms with E-state index in [1.807, 2.05) is 0 Å². The van der Waals surface area contributed by atoms with Crippen LogP contribution in [-0.4, -0.2) is 17.0 Å². The molecule has 1 rings (SSSR count). The van der Waals surface area contributed by atoms with E-state index in [9.17, 15) is 18.4 Å². The van der Waals surface area contributed by atoms with Crippen molar-refractivity contribution in [2.24, 2.45) is 5.73 Å². The molecule has 1 unspecified atom stereocenters. The molecule has 6 heteroatoms. The number of rotatable bonds is 7. The minimum Gasteiger partial charge on any atom is -0.481 e. The third-order valence-corrected chi connectivity index (χ3v) is 2.76. The van der Waals surface area contributed by atoms with Crippen LogP contribution in [0.1, 0.15) is 37.2 Å². The molecule has 0 aliphatic heterocycles. The third kappa shape index (κ3) is 5.03. The zero-order valence-electron chi connectivity index (χ0n) is 10.2. The Hall–Kier alpha value is -1.98. The fourth-order valence-corrected chi connectivity index (χ4v) is 1.87. The van der Waals surface area contributed by atoms with E-state index in [2.05, 4.69) is 0 Å². The largest absolute Gasteiger partial charge is 0.481 e. The molecular formula is C13H15F2NO3. The van der Waals surface area contributed by atoms with Gasteiger partial charge in [0.25, 0.3) is 0 Å². The number of carbonyl (C=O) groups is 2. The second-order valence-electron chi connectivity index (χ2n) is 4.30. The van der Waals surface area contributed by atoms with Gasteiger partial charge in [-0.05, 0) is 30.5 Å². The second-order valence-corrected chi connectivity index (χ2v) is 4.30. The van der Waals surface area contributed by atoms with Crippen LogP contribution in [0.2, 0.25) is 0 Å². The highest BCUT2D eigenvalue weighted by atomic mass is 19.1. The van der Waals surface area contributed by atoms with Crippen LogP contribution in [0.3, 0.4) is 0 Å². The second kappa shape index (κ2) is 6.82. The summed E-state index contributed by atoms with van der Waals surface area (Å²) in [5, 5.41) is 8.49. The highest BCUT2D eigenvalue weighted by Gasteiger charge is 2.19. The lowest BCUT2D eigenvalue weighted by Crippen LogP contribution is -2.21. The molecule has 19 heavy (non-hydrogen) atoms. The number of primary amides is 1. The smallest absolute Gasteiger partial charge is 0.303 e. The number of hydrogen-bond acceptors (Lipinski definition) is 2. The van der Waals surface area contributed by atoms with Gasteiger partial charge in [0.2, 0.25) is 5.91 Å². The summed E-state index contributed by atoms with van der Waals surface area (Å²) in [5.74, 6) is -3.95. The van der Waals surface area contributed by atoms with E-state index in [-0.39, 0.29) is 18.4 Å². The Labute approximate surface area is 109 Å². The first kappa shape index (κ1) is 15.1. The fraction of sp³-hybridized carbons (Fsp3) is 0.385. The minimum absolute atomic E-state index is 0.0109. The predicted molar refractivity (Wildman–Crippen MR) is 64.4 cm³/mol. The van der Waals surface area contributed by atoms with E-state index < -0.39 is 29.4 Å². The van der Waals surface area contributed by atoms with Gasteiger partial charge < -0.3 is 10.8 Å². The van der Waals surface area contributed by atoms with Crippen molar-refractivity contribution in [2.45, 2.75) is 31.6 Å². The maximum absolute atomic E-state index is 13.1. The van der Waals surface area contributed by atoms with Gasteiger partial charge in [0.15, 0.2) is 0 Å². The number of hydrogen-bond donors (Lipinski definition) is 2. The number of benzene rings is 1. The summed E-state index contributed by atoms with van der Waals surface area (Å²) in [6.07, 6.45) is 1.09. The van der Waals surface area contributed by atoms with Crippen LogP contribution in [0.4, 0.5) is 8.78 Å². The Balaban J connectivity index is 2.71. The molecule has 0 saturated carbocycles. The number of carbonyl (C=O) groups excluding carboxylic acids is 1. The van der Waals surface area contributed by atoms with Crippen LogP contribution in [0, 0.1) is 11.6 Å². The number of aliphatic carboxylic acids is 1. The summed E-state index contributed by atoms with van der Waals surface area (Å²) in [5.41, 5.74) is 5.39. The Morgan fingerprint density at radius 1 is 1.16 bits per heavy atom. The molecule has 0 bridgehead atoms. The molecular weight excluding hydrogens is 256 g/mol. The Morgan fingerprint density at radius 3 is 2.21 bits per heavy atom. The molecule has 104 valence electrons. The van der Waals surface area contributed by atoms with Gasteiger partial charge in [-0.2, -0.15) is 0 Å². The molecule has 0 heterocycles. The first-order valence-corrected chi connectivity index (χ1v) is 5.87. The SMILES string of the molecule is NC(=O)C(CCCCC(=O)O)c1cc(F)cc(F)c1. The number of carboxylic acid groups (broad SMARTS) is 1. The lowest BCUT2D eigenvalue weighted by atomic mass is 9.92. The lowest BCUT2D eigenvalue weighted by molar-refractivity contribution is -0.137. The Kier molecular flexibility index (Phi) is 5.41. The van der Waals surface area contributed by atoms with Crippen LogP contribution in [0.5, 0.6) is 0 Å². The summed E-state index contributed by atoms with van der Waals surface area (Å²) >= 11 is 0. The predicted octanol–water partition coefficient (Wildman–Crippen LogP) is 2.18. The minimum atomic E-state index is -0.924. The highest BCUT2D eigenvalue weighted by Crippen LogP contribution is 2.24. The van der Waals surface area contributed by atoms with Crippen LogP contribution in [0.15, 0.2) is 18.2 Å². The lowest BCUT2D eigenvalue weighted by Gasteiger charge is -2.13. The van der Waals surface area contributed by atoms with Gasteiger partial charge in [0, 0.05) is 12.5 Å². The van der Waals surface area contributed by atoms with Crippen LogP contribution in [0.25, 0.3) is 0 Å². The normalized spacial score (nSPS) is 12.1. The number of carboxylic acids is 1. The van der Waals surface area contributed by atoms with E-state index in [0.717, 1.165) is 12.1 Å². The van der Waals surface area contributed by atoms with Crippen LogP contribution < -0.4 is 5.73 Å². The van der Waals surface area contributed by atoms with E-state index in [1.165, 1.54) is 0 Å². The molecule has 0 spiro atoms. The standard InChI is InChI=1S/C13H15F2NO3/c14-9-5-8(6-10(15)7-9)11(13(16)19)3-1-2-4-12(17)18/h5-7,11H,1-4H2,(H2,16,19)(H,17,18). The average Bonchev–Trinajstić information content (AvgIpc) is 2.26. The quantitative estimate of drug-likeness (QED) is 0.746. The summed E-state index contributed by atoms with van der Waals surface area (Å²) in [7, 11) is 0. The maximum atomic E-state index is 13.1. The maximum Gasteiger partial charge on any atom is 0.303 e. The molecule has 0 saturated heterocycles. The van der Waals surface area contributed by atoms with Crippen molar-refractivity contribution in [3.05, 3.63) is 35.4 Å². The third-order valence-electron chi connectivity index (χ3n) is 2.76. The van der Waals surface area contributed by atoms with Crippen LogP contribution >= 0.6 is 0 Å². The van der Waals surface area contributed by atoms with E-state index in [1.54, 1.807) is 0 Å². The van der Waals surface area contributed by atoms with Crippen molar-refractivity contribution in [1.29, 1.82) is 0 Å². The molecule has 4 nitrogen and oxygen atoms in total. The molecule has 3 N–H and O–H groups in total. The number of nitrogens with two attached hydrogens (primary N) is 1. The van der Waals surface area contributed by atoms with Crippen molar-refractivity contribution in [3.63, 3.8) is 0 Å². The van der Waals surface area contributed by atoms with Gasteiger partial charge in [-0.15, -0.1) is 0 Å². The average molecular weight is 271 g/mol. The molecule has 0 aliphatic carbocycles. The van der Waals surface area contributed by atoms with Gasteiger partial charge in [0.1, 0.15) is 11.6 Å². The molecule has 1 aromatic rings.